The molecule has 0 aromatic heterocycles. The fourth-order valence-electron chi connectivity index (χ4n) is 3.55. The maximum atomic E-state index is 12.3. The molecular weight excluding hydrogens is 384 g/mol. The molecule has 3 nitrogen and oxygen atoms in total. The number of hydrogen-bond acceptors (Lipinski definition) is 3. The van der Waals surface area contributed by atoms with E-state index in [1.54, 1.807) is 0 Å². The molecule has 2 aromatic rings. The molecule has 2 rings (SSSR count). The molecule has 0 heterocycles. The first-order chi connectivity index (χ1) is 15.1. The highest BCUT2D eigenvalue weighted by atomic mass is 16.6. The van der Waals surface area contributed by atoms with Crippen LogP contribution in [0.3, 0.4) is 0 Å². The summed E-state index contributed by atoms with van der Waals surface area (Å²) in [6, 6.07) is 16.5. The maximum absolute atomic E-state index is 12.3. The van der Waals surface area contributed by atoms with E-state index in [1.165, 1.54) is 49.7 Å². The Morgan fingerprint density at radius 3 is 2.00 bits per heavy atom. The molecule has 1 atom stereocenters. The summed E-state index contributed by atoms with van der Waals surface area (Å²) in [5.41, 5.74) is 4.25. The van der Waals surface area contributed by atoms with Gasteiger partial charge in [0.25, 0.3) is 0 Å². The van der Waals surface area contributed by atoms with E-state index >= 15 is 0 Å². The van der Waals surface area contributed by atoms with Crippen LogP contribution in [0.2, 0.25) is 0 Å². The molecule has 0 N–H and O–H groups in total. The highest BCUT2D eigenvalue weighted by molar-refractivity contribution is 5.90. The molecule has 0 saturated carbocycles. The van der Waals surface area contributed by atoms with Crippen molar-refractivity contribution >= 4 is 5.97 Å². The van der Waals surface area contributed by atoms with Gasteiger partial charge < -0.3 is 9.47 Å². The number of carbonyl (C=O) groups excluding carboxylic acids is 1. The van der Waals surface area contributed by atoms with Crippen LogP contribution in [0.1, 0.15) is 88.1 Å². The van der Waals surface area contributed by atoms with Crippen molar-refractivity contribution in [1.82, 2.24) is 0 Å². The van der Waals surface area contributed by atoms with Crippen molar-refractivity contribution in [3.63, 3.8) is 0 Å². The van der Waals surface area contributed by atoms with Gasteiger partial charge in [-0.05, 0) is 55.0 Å². The molecule has 0 aliphatic rings. The smallest absolute Gasteiger partial charge is 0.338 e. The normalized spacial score (nSPS) is 12.0. The molecule has 0 radical (unpaired) electrons. The molecule has 0 fully saturated rings. The highest BCUT2D eigenvalue weighted by Gasteiger charge is 2.12. The van der Waals surface area contributed by atoms with E-state index in [0.29, 0.717) is 18.8 Å². The molecule has 0 bridgehead atoms. The van der Waals surface area contributed by atoms with Crippen LogP contribution >= 0.6 is 0 Å². The Morgan fingerprint density at radius 1 is 0.774 bits per heavy atom. The van der Waals surface area contributed by atoms with E-state index in [4.69, 9.17) is 9.47 Å². The zero-order valence-corrected chi connectivity index (χ0v) is 19.7. The fourth-order valence-corrected chi connectivity index (χ4v) is 3.55. The van der Waals surface area contributed by atoms with Crippen LogP contribution in [0.5, 0.6) is 0 Å². The topological polar surface area (TPSA) is 35.5 Å². The van der Waals surface area contributed by atoms with Crippen LogP contribution in [0, 0.1) is 0 Å². The van der Waals surface area contributed by atoms with Crippen molar-refractivity contribution in [2.45, 2.75) is 84.7 Å². The van der Waals surface area contributed by atoms with Crippen molar-refractivity contribution in [1.29, 1.82) is 0 Å². The van der Waals surface area contributed by atoms with E-state index in [9.17, 15) is 4.79 Å². The SMILES string of the molecule is CCCCCCCCc1ccc(-c2ccc(C(=O)OC(C)COCCCC)cc2)cc1. The minimum Gasteiger partial charge on any atom is -0.457 e. The first kappa shape index (κ1) is 25.1. The zero-order chi connectivity index (χ0) is 22.3. The summed E-state index contributed by atoms with van der Waals surface area (Å²) in [6.07, 6.45) is 11.0. The summed E-state index contributed by atoms with van der Waals surface area (Å²) >= 11 is 0. The third kappa shape index (κ3) is 9.69. The Labute approximate surface area is 189 Å². The largest absolute Gasteiger partial charge is 0.457 e. The van der Waals surface area contributed by atoms with Crippen molar-refractivity contribution in [3.05, 3.63) is 59.7 Å². The van der Waals surface area contributed by atoms with Gasteiger partial charge in [-0.2, -0.15) is 0 Å². The van der Waals surface area contributed by atoms with Gasteiger partial charge in [-0.15, -0.1) is 0 Å². The van der Waals surface area contributed by atoms with Gasteiger partial charge in [0, 0.05) is 6.61 Å². The minimum atomic E-state index is -0.299. The Kier molecular flexibility index (Phi) is 12.0. The summed E-state index contributed by atoms with van der Waals surface area (Å²) in [7, 11) is 0. The lowest BCUT2D eigenvalue weighted by molar-refractivity contribution is 0.00169. The van der Waals surface area contributed by atoms with Gasteiger partial charge in [-0.25, -0.2) is 4.79 Å². The monoisotopic (exact) mass is 424 g/mol. The van der Waals surface area contributed by atoms with E-state index in [0.717, 1.165) is 24.8 Å². The van der Waals surface area contributed by atoms with Gasteiger partial charge in [0.15, 0.2) is 0 Å². The van der Waals surface area contributed by atoms with Crippen molar-refractivity contribution < 1.29 is 14.3 Å². The number of benzene rings is 2. The molecule has 0 aliphatic carbocycles. The number of hydrogen-bond donors (Lipinski definition) is 0. The van der Waals surface area contributed by atoms with Crippen LogP contribution in [-0.4, -0.2) is 25.3 Å². The Morgan fingerprint density at radius 2 is 1.35 bits per heavy atom. The van der Waals surface area contributed by atoms with Gasteiger partial charge in [-0.3, -0.25) is 0 Å². The predicted octanol–water partition coefficient (Wildman–Crippen LogP) is 7.62. The number of unbranched alkanes of at least 4 members (excludes halogenated alkanes) is 6. The average molecular weight is 425 g/mol. The zero-order valence-electron chi connectivity index (χ0n) is 19.7. The van der Waals surface area contributed by atoms with E-state index in [-0.39, 0.29) is 12.1 Å². The summed E-state index contributed by atoms with van der Waals surface area (Å²) in [5.74, 6) is -0.299. The Bertz CT molecular complexity index is 734. The number of aryl methyl sites for hydroxylation is 1. The van der Waals surface area contributed by atoms with Crippen molar-refractivity contribution in [2.24, 2.45) is 0 Å². The lowest BCUT2D eigenvalue weighted by atomic mass is 10.00. The third-order valence-electron chi connectivity index (χ3n) is 5.53. The standard InChI is InChI=1S/C28H40O3/c1-4-6-8-9-10-11-12-24-13-15-25(16-14-24)26-17-19-27(20-18-26)28(29)31-23(3)22-30-21-7-5-2/h13-20,23H,4-12,21-22H2,1-3H3. The van der Waals surface area contributed by atoms with Gasteiger partial charge in [0.05, 0.1) is 12.2 Å². The van der Waals surface area contributed by atoms with Crippen LogP contribution in [0.4, 0.5) is 0 Å². The molecule has 3 heteroatoms. The summed E-state index contributed by atoms with van der Waals surface area (Å²) < 4.78 is 11.0. The second-order valence-corrected chi connectivity index (χ2v) is 8.44. The Balaban J connectivity index is 1.79. The quantitative estimate of drug-likeness (QED) is 0.218. The van der Waals surface area contributed by atoms with Gasteiger partial charge >= 0.3 is 5.97 Å². The second kappa shape index (κ2) is 14.8. The van der Waals surface area contributed by atoms with Crippen LogP contribution in [0.25, 0.3) is 11.1 Å². The molecule has 2 aromatic carbocycles. The number of rotatable bonds is 15. The predicted molar refractivity (Wildman–Crippen MR) is 130 cm³/mol. The van der Waals surface area contributed by atoms with Crippen LogP contribution in [-0.2, 0) is 15.9 Å². The summed E-state index contributed by atoms with van der Waals surface area (Å²) in [6.45, 7) is 7.40. The van der Waals surface area contributed by atoms with E-state index < -0.39 is 0 Å². The average Bonchev–Trinajstić information content (AvgIpc) is 2.79. The molecule has 0 saturated heterocycles. The van der Waals surface area contributed by atoms with Gasteiger partial charge in [-0.1, -0.05) is 88.8 Å². The van der Waals surface area contributed by atoms with E-state index in [1.807, 2.05) is 31.2 Å². The first-order valence-electron chi connectivity index (χ1n) is 12.1. The number of ether oxygens (including phenoxy) is 2. The number of esters is 1. The Hall–Kier alpha value is -2.13. The molecule has 1 unspecified atom stereocenters. The second-order valence-electron chi connectivity index (χ2n) is 8.44. The highest BCUT2D eigenvalue weighted by Crippen LogP contribution is 2.22. The summed E-state index contributed by atoms with van der Waals surface area (Å²) in [5, 5.41) is 0. The number of carbonyl (C=O) groups is 1. The van der Waals surface area contributed by atoms with Crippen LogP contribution in [0.15, 0.2) is 48.5 Å². The minimum absolute atomic E-state index is 0.247. The van der Waals surface area contributed by atoms with Crippen LogP contribution < -0.4 is 0 Å². The lowest BCUT2D eigenvalue weighted by Gasteiger charge is -2.14. The molecule has 0 amide bonds. The van der Waals surface area contributed by atoms with Gasteiger partial charge in [0.2, 0.25) is 0 Å². The van der Waals surface area contributed by atoms with E-state index in [2.05, 4.69) is 38.1 Å². The molecule has 31 heavy (non-hydrogen) atoms. The third-order valence-corrected chi connectivity index (χ3v) is 5.53. The van der Waals surface area contributed by atoms with Gasteiger partial charge in [0.1, 0.15) is 6.10 Å². The van der Waals surface area contributed by atoms with Crippen molar-refractivity contribution in [3.8, 4) is 11.1 Å². The lowest BCUT2D eigenvalue weighted by Crippen LogP contribution is -2.20. The molecule has 0 spiro atoms. The fraction of sp³-hybridized carbons (Fsp3) is 0.536. The molecule has 0 aliphatic heterocycles. The first-order valence-corrected chi connectivity index (χ1v) is 12.1. The van der Waals surface area contributed by atoms with Crippen molar-refractivity contribution in [2.75, 3.05) is 13.2 Å². The molecular formula is C28H40O3. The maximum Gasteiger partial charge on any atom is 0.338 e. The summed E-state index contributed by atoms with van der Waals surface area (Å²) in [4.78, 5) is 12.3. The molecule has 170 valence electrons.